The Morgan fingerprint density at radius 3 is 1.91 bits per heavy atom. The van der Waals surface area contributed by atoms with Crippen LogP contribution in [0.2, 0.25) is 0 Å². The number of hydrogen-bond acceptors (Lipinski definition) is 3. The van der Waals surface area contributed by atoms with Gasteiger partial charge in [-0.3, -0.25) is 4.99 Å². The molecule has 2 N–H and O–H groups in total. The number of benzene rings is 2. The lowest BCUT2D eigenvalue weighted by atomic mass is 10.0. The molecular weight excluding hydrogens is 276 g/mol. The molecule has 2 aromatic rings. The van der Waals surface area contributed by atoms with Crippen molar-refractivity contribution in [2.24, 2.45) is 10.7 Å². The Labute approximate surface area is 129 Å². The van der Waals surface area contributed by atoms with E-state index in [0.29, 0.717) is 0 Å². The van der Waals surface area contributed by atoms with Gasteiger partial charge in [-0.2, -0.15) is 0 Å². The summed E-state index contributed by atoms with van der Waals surface area (Å²) in [6, 6.07) is 20.1. The van der Waals surface area contributed by atoms with E-state index < -0.39 is 6.09 Å². The zero-order valence-corrected chi connectivity index (χ0v) is 12.2. The summed E-state index contributed by atoms with van der Waals surface area (Å²) in [7, 11) is 0. The SMILES string of the molecule is NC(=O)OCC1(N=C(c2ccccc2)c2ccccc2)CC1. The number of carbonyl (C=O) groups is 1. The maximum absolute atomic E-state index is 10.9. The Balaban J connectivity index is 1.96. The predicted octanol–water partition coefficient (Wildman–Crippen LogP) is 3.15. The van der Waals surface area contributed by atoms with Crippen molar-refractivity contribution >= 4 is 11.8 Å². The normalized spacial score (nSPS) is 14.9. The lowest BCUT2D eigenvalue weighted by Crippen LogP contribution is -2.23. The highest BCUT2D eigenvalue weighted by Crippen LogP contribution is 2.41. The van der Waals surface area contributed by atoms with Crippen LogP contribution in [0, 0.1) is 0 Å². The quantitative estimate of drug-likeness (QED) is 0.861. The monoisotopic (exact) mass is 294 g/mol. The molecule has 112 valence electrons. The summed E-state index contributed by atoms with van der Waals surface area (Å²) < 4.78 is 4.97. The number of amides is 1. The molecule has 0 aromatic heterocycles. The summed E-state index contributed by atoms with van der Waals surface area (Å²) in [5, 5.41) is 0. The van der Waals surface area contributed by atoms with Gasteiger partial charge in [0, 0.05) is 11.1 Å². The summed E-state index contributed by atoms with van der Waals surface area (Å²) >= 11 is 0. The van der Waals surface area contributed by atoms with E-state index in [9.17, 15) is 4.79 Å². The van der Waals surface area contributed by atoms with Crippen molar-refractivity contribution in [3.05, 3.63) is 71.8 Å². The summed E-state index contributed by atoms with van der Waals surface area (Å²) in [5.41, 5.74) is 7.78. The average Bonchev–Trinajstić information content (AvgIpc) is 3.33. The molecule has 0 unspecified atom stereocenters. The lowest BCUT2D eigenvalue weighted by Gasteiger charge is -2.14. The van der Waals surface area contributed by atoms with E-state index in [-0.39, 0.29) is 12.1 Å². The Morgan fingerprint density at radius 1 is 1.00 bits per heavy atom. The first-order valence-corrected chi connectivity index (χ1v) is 7.31. The topological polar surface area (TPSA) is 64.7 Å². The average molecular weight is 294 g/mol. The van der Waals surface area contributed by atoms with Crippen molar-refractivity contribution in [1.82, 2.24) is 0 Å². The summed E-state index contributed by atoms with van der Waals surface area (Å²) in [6.07, 6.45) is 1.06. The molecule has 0 bridgehead atoms. The molecule has 0 spiro atoms. The van der Waals surface area contributed by atoms with Crippen molar-refractivity contribution in [2.75, 3.05) is 6.61 Å². The van der Waals surface area contributed by atoms with E-state index >= 15 is 0 Å². The van der Waals surface area contributed by atoms with Gasteiger partial charge in [0.25, 0.3) is 0 Å². The molecule has 0 radical (unpaired) electrons. The fraction of sp³-hybridized carbons (Fsp3) is 0.222. The predicted molar refractivity (Wildman–Crippen MR) is 86.0 cm³/mol. The first-order valence-electron chi connectivity index (χ1n) is 7.31. The first kappa shape index (κ1) is 14.3. The maximum Gasteiger partial charge on any atom is 0.404 e. The van der Waals surface area contributed by atoms with Gasteiger partial charge in [-0.05, 0) is 12.8 Å². The van der Waals surface area contributed by atoms with Crippen LogP contribution in [-0.4, -0.2) is 24.0 Å². The van der Waals surface area contributed by atoms with E-state index in [1.165, 1.54) is 0 Å². The van der Waals surface area contributed by atoms with Crippen molar-refractivity contribution < 1.29 is 9.53 Å². The van der Waals surface area contributed by atoms with Gasteiger partial charge in [0.1, 0.15) is 6.61 Å². The molecule has 0 atom stereocenters. The highest BCUT2D eigenvalue weighted by Gasteiger charge is 2.44. The molecule has 1 amide bonds. The van der Waals surface area contributed by atoms with Gasteiger partial charge in [0.15, 0.2) is 0 Å². The second-order valence-electron chi connectivity index (χ2n) is 5.52. The van der Waals surface area contributed by atoms with E-state index in [0.717, 1.165) is 29.7 Å². The number of rotatable bonds is 5. The second-order valence-corrected chi connectivity index (χ2v) is 5.52. The number of primary amides is 1. The minimum Gasteiger partial charge on any atom is -0.447 e. The second kappa shape index (κ2) is 6.02. The van der Waals surface area contributed by atoms with E-state index in [4.69, 9.17) is 15.5 Å². The molecule has 1 fully saturated rings. The third kappa shape index (κ3) is 3.34. The third-order valence-electron chi connectivity index (χ3n) is 3.75. The molecule has 0 heterocycles. The minimum atomic E-state index is -0.748. The van der Waals surface area contributed by atoms with Crippen LogP contribution in [0.5, 0.6) is 0 Å². The minimum absolute atomic E-state index is 0.242. The highest BCUT2D eigenvalue weighted by atomic mass is 16.5. The van der Waals surface area contributed by atoms with Crippen LogP contribution < -0.4 is 5.73 Å². The molecule has 3 rings (SSSR count). The third-order valence-corrected chi connectivity index (χ3v) is 3.75. The Bertz CT molecular complexity index is 635. The molecule has 1 aliphatic carbocycles. The zero-order valence-electron chi connectivity index (χ0n) is 12.2. The van der Waals surface area contributed by atoms with Crippen LogP contribution in [0.3, 0.4) is 0 Å². The van der Waals surface area contributed by atoms with Gasteiger partial charge < -0.3 is 10.5 Å². The summed E-state index contributed by atoms with van der Waals surface area (Å²) in [6.45, 7) is 0.242. The van der Waals surface area contributed by atoms with E-state index in [2.05, 4.69) is 0 Å². The van der Waals surface area contributed by atoms with Crippen molar-refractivity contribution in [3.8, 4) is 0 Å². The van der Waals surface area contributed by atoms with Crippen LogP contribution in [0.15, 0.2) is 65.7 Å². The van der Waals surface area contributed by atoms with Crippen LogP contribution in [-0.2, 0) is 4.74 Å². The van der Waals surface area contributed by atoms with Gasteiger partial charge in [-0.25, -0.2) is 4.79 Å². The van der Waals surface area contributed by atoms with Gasteiger partial charge in [0.05, 0.1) is 11.3 Å². The number of ether oxygens (including phenoxy) is 1. The van der Waals surface area contributed by atoms with Gasteiger partial charge in [0.2, 0.25) is 0 Å². The summed E-state index contributed by atoms with van der Waals surface area (Å²) in [4.78, 5) is 15.8. The standard InChI is InChI=1S/C18H18N2O2/c19-17(21)22-13-18(11-12-18)20-16(14-7-3-1-4-8-14)15-9-5-2-6-10-15/h1-10H,11-13H2,(H2,19,21). The summed E-state index contributed by atoms with van der Waals surface area (Å²) in [5.74, 6) is 0. The van der Waals surface area contributed by atoms with Crippen LogP contribution in [0.4, 0.5) is 4.79 Å². The molecule has 1 saturated carbocycles. The van der Waals surface area contributed by atoms with Crippen LogP contribution in [0.25, 0.3) is 0 Å². The largest absolute Gasteiger partial charge is 0.447 e. The van der Waals surface area contributed by atoms with E-state index in [1.54, 1.807) is 0 Å². The zero-order chi connectivity index (χ0) is 15.4. The van der Waals surface area contributed by atoms with Crippen molar-refractivity contribution in [1.29, 1.82) is 0 Å². The van der Waals surface area contributed by atoms with Crippen LogP contribution >= 0.6 is 0 Å². The smallest absolute Gasteiger partial charge is 0.404 e. The van der Waals surface area contributed by atoms with Crippen LogP contribution in [0.1, 0.15) is 24.0 Å². The fourth-order valence-corrected chi connectivity index (χ4v) is 2.36. The fourth-order valence-electron chi connectivity index (χ4n) is 2.36. The number of aliphatic imine (C=N–C) groups is 1. The molecule has 4 nitrogen and oxygen atoms in total. The molecule has 0 aliphatic heterocycles. The van der Waals surface area contributed by atoms with Gasteiger partial charge >= 0.3 is 6.09 Å². The first-order chi connectivity index (χ1) is 10.7. The number of hydrogen-bond donors (Lipinski definition) is 1. The molecule has 22 heavy (non-hydrogen) atoms. The van der Waals surface area contributed by atoms with Gasteiger partial charge in [-0.1, -0.05) is 60.7 Å². The van der Waals surface area contributed by atoms with E-state index in [1.807, 2.05) is 60.7 Å². The van der Waals surface area contributed by atoms with Crippen molar-refractivity contribution in [2.45, 2.75) is 18.4 Å². The number of nitrogens with two attached hydrogens (primary N) is 1. The molecule has 2 aromatic carbocycles. The highest BCUT2D eigenvalue weighted by molar-refractivity contribution is 6.13. The molecular formula is C18H18N2O2. The molecule has 0 saturated heterocycles. The number of nitrogens with zero attached hydrogens (tertiary/aromatic N) is 1. The number of carbonyl (C=O) groups excluding carboxylic acids is 1. The lowest BCUT2D eigenvalue weighted by molar-refractivity contribution is 0.146. The van der Waals surface area contributed by atoms with Gasteiger partial charge in [-0.15, -0.1) is 0 Å². The molecule has 1 aliphatic rings. The Hall–Kier alpha value is -2.62. The Kier molecular flexibility index (Phi) is 3.92. The van der Waals surface area contributed by atoms with Crippen molar-refractivity contribution in [3.63, 3.8) is 0 Å². The molecule has 4 heteroatoms. The maximum atomic E-state index is 10.9. The Morgan fingerprint density at radius 2 is 1.50 bits per heavy atom.